The zero-order valence-corrected chi connectivity index (χ0v) is 26.3. The van der Waals surface area contributed by atoms with Gasteiger partial charge in [0.1, 0.15) is 0 Å². The van der Waals surface area contributed by atoms with Crippen LogP contribution in [0.3, 0.4) is 0 Å². The first-order valence-electron chi connectivity index (χ1n) is 13.9. The van der Waals surface area contributed by atoms with Gasteiger partial charge in [0.15, 0.2) is 0 Å². The first-order valence-corrected chi connectivity index (χ1v) is 13.9. The van der Waals surface area contributed by atoms with Crippen molar-refractivity contribution in [3.05, 3.63) is 11.6 Å². The van der Waals surface area contributed by atoms with E-state index in [-0.39, 0.29) is 85.1 Å². The molecule has 4 heteroatoms. The molecule has 5 aliphatic carbocycles. The molecule has 0 aromatic rings. The van der Waals surface area contributed by atoms with Gasteiger partial charge in [-0.3, -0.25) is 0 Å². The van der Waals surface area contributed by atoms with Crippen LogP contribution in [0.2, 0.25) is 0 Å². The molecule has 0 aromatic carbocycles. The van der Waals surface area contributed by atoms with Crippen LogP contribution in [0.4, 0.5) is 0 Å². The number of rotatable bonds is 1. The summed E-state index contributed by atoms with van der Waals surface area (Å²) in [6.07, 6.45) is 11.3. The molecule has 3 nitrogen and oxygen atoms in total. The largest absolute Gasteiger partial charge is 1.00 e. The average molecular weight is 495 g/mol. The van der Waals surface area contributed by atoms with Crippen molar-refractivity contribution < 1.29 is 66.4 Å². The zero-order valence-electron chi connectivity index (χ0n) is 23.2. The van der Waals surface area contributed by atoms with Gasteiger partial charge in [-0.05, 0) is 109 Å². The number of fused-ring (bicyclic) bond motifs is 7. The van der Waals surface area contributed by atoms with E-state index in [1.165, 1.54) is 18.4 Å². The quantitative estimate of drug-likeness (QED) is 0.450. The maximum absolute atomic E-state index is 12.7. The molecule has 5 aliphatic rings. The summed E-state index contributed by atoms with van der Waals surface area (Å²) >= 11 is 0. The van der Waals surface area contributed by atoms with Crippen molar-refractivity contribution >= 4 is 5.97 Å². The van der Waals surface area contributed by atoms with Gasteiger partial charge in [0, 0.05) is 11.4 Å². The van der Waals surface area contributed by atoms with E-state index in [0.29, 0.717) is 23.7 Å². The monoisotopic (exact) mass is 494 g/mol. The minimum absolute atomic E-state index is 0. The third kappa shape index (κ3) is 3.33. The SMILES string of the molecule is C[C@H]1[C@H](C)CC[C@]2(C(=O)[O-])CC[C@]3(C)C(=CCC4[C@@]5(C)CC[C@H](O)C(C)(C)C5CC[C@]43C)[C@H]12.[K+]. The predicted octanol–water partition coefficient (Wildman–Crippen LogP) is 2.76. The molecule has 1 N–H and O–H groups in total. The predicted molar refractivity (Wildman–Crippen MR) is 130 cm³/mol. The van der Waals surface area contributed by atoms with Crippen molar-refractivity contribution in [2.45, 2.75) is 112 Å². The van der Waals surface area contributed by atoms with Crippen LogP contribution < -0.4 is 56.5 Å². The number of aliphatic hydroxyl groups is 1. The molecule has 2 unspecified atom stereocenters. The average Bonchev–Trinajstić information content (AvgIpc) is 2.74. The van der Waals surface area contributed by atoms with Gasteiger partial charge in [-0.25, -0.2) is 0 Å². The van der Waals surface area contributed by atoms with Gasteiger partial charge < -0.3 is 15.0 Å². The Morgan fingerprint density at radius 1 is 0.941 bits per heavy atom. The molecular weight excluding hydrogens is 447 g/mol. The van der Waals surface area contributed by atoms with Gasteiger partial charge >= 0.3 is 51.4 Å². The molecule has 0 saturated heterocycles. The standard InChI is InChI=1S/C30H48O3.K/c1-18-10-15-30(25(32)33)17-16-28(6)20(24(30)19(18)2)8-9-22-27(5)13-12-23(31)26(3,4)21(27)11-14-29(22,28)7;/h8,18-19,21-24,31H,9-17H2,1-7H3,(H,32,33);/q;+1/p-1/t18-,19+,21?,22?,23+,24+,27+,28-,29-,30+;/m1./s1. The maximum Gasteiger partial charge on any atom is 1.00 e. The Labute approximate surface area is 250 Å². The van der Waals surface area contributed by atoms with Gasteiger partial charge in [-0.15, -0.1) is 0 Å². The summed E-state index contributed by atoms with van der Waals surface area (Å²) in [7, 11) is 0. The van der Waals surface area contributed by atoms with Gasteiger partial charge in [0.25, 0.3) is 0 Å². The third-order valence-electron chi connectivity index (χ3n) is 13.4. The van der Waals surface area contributed by atoms with Crippen LogP contribution in [0.5, 0.6) is 0 Å². The summed E-state index contributed by atoms with van der Waals surface area (Å²) in [6.45, 7) is 16.8. The molecular formula is C30H47KO3. The van der Waals surface area contributed by atoms with Crippen LogP contribution in [0.1, 0.15) is 106 Å². The van der Waals surface area contributed by atoms with Crippen LogP contribution in [0, 0.1) is 56.7 Å². The summed E-state index contributed by atoms with van der Waals surface area (Å²) in [5, 5.41) is 23.6. The molecule has 5 rings (SSSR count). The second kappa shape index (κ2) is 8.66. The number of aliphatic hydroxyl groups excluding tert-OH is 1. The first-order chi connectivity index (χ1) is 15.3. The van der Waals surface area contributed by atoms with E-state index in [0.717, 1.165) is 44.9 Å². The second-order valence-corrected chi connectivity index (χ2v) is 14.5. The Kier molecular flexibility index (Phi) is 7.09. The molecule has 0 amide bonds. The molecule has 186 valence electrons. The number of aliphatic carboxylic acids is 1. The van der Waals surface area contributed by atoms with Crippen LogP contribution in [-0.2, 0) is 4.79 Å². The van der Waals surface area contributed by atoms with Gasteiger partial charge in [-0.2, -0.15) is 0 Å². The van der Waals surface area contributed by atoms with Crippen LogP contribution in [0.25, 0.3) is 0 Å². The fourth-order valence-corrected chi connectivity index (χ4v) is 10.8. The molecule has 0 radical (unpaired) electrons. The Morgan fingerprint density at radius 3 is 2.26 bits per heavy atom. The molecule has 34 heavy (non-hydrogen) atoms. The van der Waals surface area contributed by atoms with E-state index >= 15 is 0 Å². The summed E-state index contributed by atoms with van der Waals surface area (Å²) < 4.78 is 0. The fourth-order valence-electron chi connectivity index (χ4n) is 10.8. The number of carboxylic acids is 1. The van der Waals surface area contributed by atoms with E-state index in [1.807, 2.05) is 0 Å². The summed E-state index contributed by atoms with van der Waals surface area (Å²) in [5.74, 6) is 1.42. The Balaban J connectivity index is 0.00000274. The van der Waals surface area contributed by atoms with Crippen molar-refractivity contribution in [2.75, 3.05) is 0 Å². The molecule has 0 aromatic heterocycles. The van der Waals surface area contributed by atoms with E-state index in [2.05, 4.69) is 54.5 Å². The first kappa shape index (κ1) is 27.8. The molecule has 4 saturated carbocycles. The maximum atomic E-state index is 12.7. The topological polar surface area (TPSA) is 60.4 Å². The molecule has 0 heterocycles. The van der Waals surface area contributed by atoms with Gasteiger partial charge in [0.2, 0.25) is 0 Å². The fraction of sp³-hybridized carbons (Fsp3) is 0.900. The molecule has 0 aliphatic heterocycles. The van der Waals surface area contributed by atoms with Crippen molar-refractivity contribution in [1.82, 2.24) is 0 Å². The summed E-state index contributed by atoms with van der Waals surface area (Å²) in [5.41, 5.74) is 1.24. The van der Waals surface area contributed by atoms with Crippen LogP contribution in [-0.4, -0.2) is 17.2 Å². The Morgan fingerprint density at radius 2 is 1.62 bits per heavy atom. The number of hydrogen-bond acceptors (Lipinski definition) is 3. The van der Waals surface area contributed by atoms with Crippen molar-refractivity contribution in [1.29, 1.82) is 0 Å². The number of carbonyl (C=O) groups excluding carboxylic acids is 1. The van der Waals surface area contributed by atoms with Crippen molar-refractivity contribution in [2.24, 2.45) is 56.7 Å². The number of allylic oxidation sites excluding steroid dienone is 2. The zero-order chi connectivity index (χ0) is 24.2. The van der Waals surface area contributed by atoms with E-state index in [9.17, 15) is 15.0 Å². The second-order valence-electron chi connectivity index (χ2n) is 14.5. The molecule has 0 bridgehead atoms. The Bertz CT molecular complexity index is 880. The van der Waals surface area contributed by atoms with E-state index < -0.39 is 11.4 Å². The van der Waals surface area contributed by atoms with Crippen molar-refractivity contribution in [3.63, 3.8) is 0 Å². The third-order valence-corrected chi connectivity index (χ3v) is 13.4. The van der Waals surface area contributed by atoms with Gasteiger partial charge in [0.05, 0.1) is 6.10 Å². The summed E-state index contributed by atoms with van der Waals surface area (Å²) in [6, 6.07) is 0. The Hall–Kier alpha value is 0.806. The molecule has 10 atom stereocenters. The molecule has 4 fully saturated rings. The number of hydrogen-bond donors (Lipinski definition) is 1. The van der Waals surface area contributed by atoms with Crippen LogP contribution in [0.15, 0.2) is 11.6 Å². The van der Waals surface area contributed by atoms with E-state index in [4.69, 9.17) is 0 Å². The van der Waals surface area contributed by atoms with Crippen LogP contribution >= 0.6 is 0 Å². The van der Waals surface area contributed by atoms with Crippen molar-refractivity contribution in [3.8, 4) is 0 Å². The smallest absolute Gasteiger partial charge is 0.550 e. The number of carbonyl (C=O) groups is 1. The summed E-state index contributed by atoms with van der Waals surface area (Å²) in [4.78, 5) is 12.7. The van der Waals surface area contributed by atoms with E-state index in [1.54, 1.807) is 0 Å². The minimum Gasteiger partial charge on any atom is -0.550 e. The normalized spacial score (nSPS) is 53.7. The minimum atomic E-state index is -0.792. The molecule has 0 spiro atoms. The van der Waals surface area contributed by atoms with Gasteiger partial charge in [-0.1, -0.05) is 60.1 Å². The number of carboxylic acid groups (broad SMARTS) is 1.